The van der Waals surface area contributed by atoms with Crippen LogP contribution in [0.5, 0.6) is 0 Å². The maximum absolute atomic E-state index is 10.5. The fourth-order valence-corrected chi connectivity index (χ4v) is 0.903. The van der Waals surface area contributed by atoms with E-state index in [0.717, 1.165) is 0 Å². The van der Waals surface area contributed by atoms with E-state index in [9.17, 15) is 14.7 Å². The van der Waals surface area contributed by atoms with E-state index in [1.54, 1.807) is 0 Å². The first-order valence-electron chi connectivity index (χ1n) is 3.99. The molecular formula is C9H12NO3-. The lowest BCUT2D eigenvalue weighted by Crippen LogP contribution is -2.47. The molecule has 1 atom stereocenters. The van der Waals surface area contributed by atoms with Gasteiger partial charge in [0.1, 0.15) is 0 Å². The Morgan fingerprint density at radius 3 is 2.62 bits per heavy atom. The Morgan fingerprint density at radius 1 is 1.62 bits per heavy atom. The number of nitrogens with one attached hydrogen (secondary N) is 1. The van der Waals surface area contributed by atoms with Gasteiger partial charge in [-0.1, -0.05) is 0 Å². The van der Waals surface area contributed by atoms with Gasteiger partial charge in [-0.15, -0.1) is 12.3 Å². The van der Waals surface area contributed by atoms with Crippen LogP contribution in [-0.2, 0) is 9.59 Å². The molecule has 0 saturated carbocycles. The highest BCUT2D eigenvalue weighted by Crippen LogP contribution is 1.99. The molecule has 4 nitrogen and oxygen atoms in total. The fourth-order valence-electron chi connectivity index (χ4n) is 0.903. The van der Waals surface area contributed by atoms with Crippen molar-refractivity contribution >= 4 is 11.9 Å². The van der Waals surface area contributed by atoms with Crippen LogP contribution in [0.15, 0.2) is 0 Å². The molecule has 0 aliphatic heterocycles. The topological polar surface area (TPSA) is 69.2 Å². The van der Waals surface area contributed by atoms with E-state index in [4.69, 9.17) is 6.42 Å². The second-order valence-electron chi connectivity index (χ2n) is 2.67. The van der Waals surface area contributed by atoms with Crippen molar-refractivity contribution in [2.45, 2.75) is 32.2 Å². The predicted molar refractivity (Wildman–Crippen MR) is 45.3 cm³/mol. The number of carbonyl (C=O) groups is 2. The maximum Gasteiger partial charge on any atom is 0.217 e. The summed E-state index contributed by atoms with van der Waals surface area (Å²) in [5.41, 5.74) is 0. The summed E-state index contributed by atoms with van der Waals surface area (Å²) in [7, 11) is 0. The van der Waals surface area contributed by atoms with Crippen LogP contribution in [0.3, 0.4) is 0 Å². The van der Waals surface area contributed by atoms with Gasteiger partial charge in [-0.05, 0) is 12.8 Å². The summed E-state index contributed by atoms with van der Waals surface area (Å²) < 4.78 is 0. The Balaban J connectivity index is 3.89. The minimum Gasteiger partial charge on any atom is -0.548 e. The molecule has 0 radical (unpaired) electrons. The third kappa shape index (κ3) is 5.74. The standard InChI is InChI=1S/C9H13NO3/c1-3-4-5-6-8(9(12)13)10-7(2)11/h1,8H,4-6H2,2H3,(H,10,11)(H,12,13)/p-1. The fraction of sp³-hybridized carbons (Fsp3) is 0.556. The summed E-state index contributed by atoms with van der Waals surface area (Å²) in [5, 5.41) is 12.7. The summed E-state index contributed by atoms with van der Waals surface area (Å²) >= 11 is 0. The second kappa shape index (κ2) is 6.06. The van der Waals surface area contributed by atoms with Gasteiger partial charge in [0, 0.05) is 13.3 Å². The van der Waals surface area contributed by atoms with E-state index in [1.165, 1.54) is 6.92 Å². The van der Waals surface area contributed by atoms with Crippen LogP contribution in [0, 0.1) is 12.3 Å². The molecule has 0 aliphatic rings. The summed E-state index contributed by atoms with van der Waals surface area (Å²) in [5.74, 6) is 0.738. The number of aliphatic carboxylic acids is 1. The smallest absolute Gasteiger partial charge is 0.217 e. The number of hydrogen-bond acceptors (Lipinski definition) is 3. The van der Waals surface area contributed by atoms with Gasteiger partial charge in [0.15, 0.2) is 0 Å². The van der Waals surface area contributed by atoms with Crippen LogP contribution < -0.4 is 10.4 Å². The summed E-state index contributed by atoms with van der Waals surface area (Å²) in [6.07, 6.45) is 6.37. The minimum absolute atomic E-state index is 0.312. The molecule has 4 heteroatoms. The largest absolute Gasteiger partial charge is 0.548 e. The highest BCUT2D eigenvalue weighted by Gasteiger charge is 2.09. The predicted octanol–water partition coefficient (Wildman–Crippen LogP) is -0.955. The van der Waals surface area contributed by atoms with Crippen LogP contribution in [0.1, 0.15) is 26.2 Å². The van der Waals surface area contributed by atoms with Gasteiger partial charge in [-0.3, -0.25) is 4.79 Å². The van der Waals surface area contributed by atoms with Gasteiger partial charge in [0.25, 0.3) is 0 Å². The van der Waals surface area contributed by atoms with Crippen LogP contribution in [0.4, 0.5) is 0 Å². The summed E-state index contributed by atoms with van der Waals surface area (Å²) in [6, 6.07) is -0.925. The van der Waals surface area contributed by atoms with Gasteiger partial charge in [0.05, 0.1) is 12.0 Å². The quantitative estimate of drug-likeness (QED) is 0.440. The molecule has 0 aromatic rings. The van der Waals surface area contributed by atoms with E-state index < -0.39 is 12.0 Å². The molecule has 0 aromatic heterocycles. The number of amides is 1. The number of terminal acetylenes is 1. The average molecular weight is 182 g/mol. The van der Waals surface area contributed by atoms with E-state index in [2.05, 4.69) is 11.2 Å². The van der Waals surface area contributed by atoms with E-state index >= 15 is 0 Å². The molecule has 0 heterocycles. The lowest BCUT2D eigenvalue weighted by molar-refractivity contribution is -0.308. The Bertz CT molecular complexity index is 230. The molecule has 0 fully saturated rings. The van der Waals surface area contributed by atoms with Crippen LogP contribution in [-0.4, -0.2) is 17.9 Å². The van der Waals surface area contributed by atoms with E-state index in [1.807, 2.05) is 0 Å². The first-order valence-corrected chi connectivity index (χ1v) is 3.99. The van der Waals surface area contributed by atoms with Crippen LogP contribution in [0.25, 0.3) is 0 Å². The average Bonchev–Trinajstić information content (AvgIpc) is 2.02. The van der Waals surface area contributed by atoms with Crippen molar-refractivity contribution in [3.63, 3.8) is 0 Å². The number of rotatable bonds is 5. The van der Waals surface area contributed by atoms with Crippen molar-refractivity contribution in [1.29, 1.82) is 0 Å². The zero-order valence-corrected chi connectivity index (χ0v) is 7.50. The second-order valence-corrected chi connectivity index (χ2v) is 2.67. The normalized spacial score (nSPS) is 11.4. The van der Waals surface area contributed by atoms with Crippen molar-refractivity contribution in [1.82, 2.24) is 5.32 Å². The highest BCUT2D eigenvalue weighted by atomic mass is 16.4. The SMILES string of the molecule is C#CCCCC(NC(C)=O)C(=O)[O-]. The van der Waals surface area contributed by atoms with Gasteiger partial charge in [0.2, 0.25) is 5.91 Å². The molecule has 13 heavy (non-hydrogen) atoms. The van der Waals surface area contributed by atoms with Crippen molar-refractivity contribution < 1.29 is 14.7 Å². The third-order valence-corrected chi connectivity index (χ3v) is 1.48. The number of carboxylic acids is 1. The van der Waals surface area contributed by atoms with Crippen molar-refractivity contribution in [2.24, 2.45) is 0 Å². The lowest BCUT2D eigenvalue weighted by atomic mass is 10.1. The zero-order valence-electron chi connectivity index (χ0n) is 7.50. The highest BCUT2D eigenvalue weighted by molar-refractivity contribution is 5.80. The van der Waals surface area contributed by atoms with E-state index in [0.29, 0.717) is 19.3 Å². The minimum atomic E-state index is -1.27. The van der Waals surface area contributed by atoms with Gasteiger partial charge >= 0.3 is 0 Å². The molecule has 1 N–H and O–H groups in total. The molecule has 0 aliphatic carbocycles. The van der Waals surface area contributed by atoms with Crippen molar-refractivity contribution in [3.8, 4) is 12.3 Å². The van der Waals surface area contributed by atoms with Crippen molar-refractivity contribution in [2.75, 3.05) is 0 Å². The van der Waals surface area contributed by atoms with Crippen molar-refractivity contribution in [3.05, 3.63) is 0 Å². The Hall–Kier alpha value is -1.50. The molecule has 72 valence electrons. The first kappa shape index (κ1) is 11.5. The van der Waals surface area contributed by atoms with Gasteiger partial charge in [-0.25, -0.2) is 0 Å². The monoisotopic (exact) mass is 182 g/mol. The van der Waals surface area contributed by atoms with Crippen LogP contribution in [0.2, 0.25) is 0 Å². The molecule has 0 spiro atoms. The molecule has 0 bridgehead atoms. The molecule has 0 rings (SSSR count). The number of carbonyl (C=O) groups excluding carboxylic acids is 2. The Kier molecular flexibility index (Phi) is 5.37. The van der Waals surface area contributed by atoms with Gasteiger partial charge in [-0.2, -0.15) is 0 Å². The molecular weight excluding hydrogens is 170 g/mol. The molecule has 0 aromatic carbocycles. The van der Waals surface area contributed by atoms with E-state index in [-0.39, 0.29) is 5.91 Å². The number of carboxylic acid groups (broad SMARTS) is 1. The lowest BCUT2D eigenvalue weighted by Gasteiger charge is -2.17. The summed E-state index contributed by atoms with van der Waals surface area (Å²) in [6.45, 7) is 1.26. The first-order chi connectivity index (χ1) is 6.07. The number of unbranched alkanes of at least 4 members (excludes halogenated alkanes) is 1. The molecule has 1 unspecified atom stereocenters. The molecule has 1 amide bonds. The molecule has 0 saturated heterocycles. The maximum atomic E-state index is 10.5. The van der Waals surface area contributed by atoms with Gasteiger partial charge < -0.3 is 15.2 Å². The third-order valence-electron chi connectivity index (χ3n) is 1.48. The summed E-state index contributed by atoms with van der Waals surface area (Å²) in [4.78, 5) is 21.0. The Labute approximate surface area is 77.3 Å². The zero-order chi connectivity index (χ0) is 10.3. The number of hydrogen-bond donors (Lipinski definition) is 1. The van der Waals surface area contributed by atoms with Crippen LogP contribution >= 0.6 is 0 Å². The Morgan fingerprint density at radius 2 is 2.23 bits per heavy atom.